The molecule has 1 aliphatic carbocycles. The Morgan fingerprint density at radius 1 is 1.34 bits per heavy atom. The van der Waals surface area contributed by atoms with Gasteiger partial charge < -0.3 is 20.3 Å². The van der Waals surface area contributed by atoms with E-state index in [2.05, 4.69) is 18.3 Å². The van der Waals surface area contributed by atoms with Gasteiger partial charge in [-0.25, -0.2) is 0 Å². The van der Waals surface area contributed by atoms with Gasteiger partial charge in [-0.3, -0.25) is 4.79 Å². The molecule has 166 valence electrons. The monoisotopic (exact) mass is 425 g/mol. The number of hydrogen-bond donors (Lipinski definition) is 3. The molecule has 1 unspecified atom stereocenters. The molecule has 5 nitrogen and oxygen atoms in total. The van der Waals surface area contributed by atoms with Gasteiger partial charge in [-0.1, -0.05) is 51.0 Å². The Bertz CT molecular complexity index is 549. The van der Waals surface area contributed by atoms with Gasteiger partial charge in [0.1, 0.15) is 5.78 Å². The number of aliphatic hydroxyl groups is 2. The lowest BCUT2D eigenvalue weighted by atomic mass is 9.89. The van der Waals surface area contributed by atoms with Crippen molar-refractivity contribution < 1.29 is 19.7 Å². The molecule has 0 aromatic heterocycles. The molecule has 0 aromatic carbocycles. The lowest BCUT2D eigenvalue weighted by Gasteiger charge is -2.19. The number of ketones is 1. The fourth-order valence-corrected chi connectivity index (χ4v) is 3.70. The fourth-order valence-electron chi connectivity index (χ4n) is 3.62. The summed E-state index contributed by atoms with van der Waals surface area (Å²) >= 11 is 4.92. The minimum atomic E-state index is -0.650. The first kappa shape index (κ1) is 25.8. The van der Waals surface area contributed by atoms with Gasteiger partial charge >= 0.3 is 0 Å². The van der Waals surface area contributed by atoms with Crippen LogP contribution in [0.5, 0.6) is 0 Å². The number of carbonyl (C=O) groups is 1. The standard InChI is InChI=1S/C23H39NO4S/c1-4-5-11-17(2)20(25)14-13-19-18(21(26)16-22(19)27)12-9-7-6-8-10-15-28-23(29)24-3/h7,9,13-14,17-20,22,25,27H,4-6,8,10-12,15-16H2,1-3H3,(H,24,29)/b9-7-,14-13+/t17?,18-,19-,20-,22-/m1/s1. The van der Waals surface area contributed by atoms with Crippen LogP contribution in [0.3, 0.4) is 0 Å². The number of hydrogen-bond acceptors (Lipinski definition) is 5. The van der Waals surface area contributed by atoms with Crippen molar-refractivity contribution in [2.45, 2.75) is 77.4 Å². The van der Waals surface area contributed by atoms with Crippen LogP contribution in [0.4, 0.5) is 0 Å². The van der Waals surface area contributed by atoms with E-state index in [-0.39, 0.29) is 30.0 Å². The van der Waals surface area contributed by atoms with Gasteiger partial charge in [0.25, 0.3) is 5.17 Å². The van der Waals surface area contributed by atoms with Gasteiger partial charge in [0, 0.05) is 25.3 Å². The van der Waals surface area contributed by atoms with Crippen molar-refractivity contribution in [3.05, 3.63) is 24.3 Å². The van der Waals surface area contributed by atoms with Gasteiger partial charge in [-0.2, -0.15) is 0 Å². The van der Waals surface area contributed by atoms with E-state index in [1.54, 1.807) is 13.1 Å². The zero-order valence-corrected chi connectivity index (χ0v) is 19.0. The maximum absolute atomic E-state index is 12.3. The van der Waals surface area contributed by atoms with Crippen LogP contribution >= 0.6 is 12.2 Å². The number of thiocarbonyl (C=S) groups is 1. The van der Waals surface area contributed by atoms with E-state index in [9.17, 15) is 15.0 Å². The van der Waals surface area contributed by atoms with Crippen LogP contribution in [0.25, 0.3) is 0 Å². The summed E-state index contributed by atoms with van der Waals surface area (Å²) in [6.07, 6.45) is 13.5. The van der Waals surface area contributed by atoms with Crippen LogP contribution in [0.15, 0.2) is 24.3 Å². The number of allylic oxidation sites excluding steroid dienone is 2. The highest BCUT2D eigenvalue weighted by Crippen LogP contribution is 2.33. The predicted octanol–water partition coefficient (Wildman–Crippen LogP) is 3.93. The third kappa shape index (κ3) is 9.87. The number of Topliss-reactive ketones (excluding diaryl/α,β-unsaturated/α-hetero) is 1. The second-order valence-corrected chi connectivity index (χ2v) is 8.38. The van der Waals surface area contributed by atoms with E-state index >= 15 is 0 Å². The molecule has 0 bridgehead atoms. The average Bonchev–Trinajstić information content (AvgIpc) is 2.98. The van der Waals surface area contributed by atoms with Gasteiger partial charge in [0.15, 0.2) is 0 Å². The lowest BCUT2D eigenvalue weighted by Crippen LogP contribution is -2.20. The zero-order chi connectivity index (χ0) is 21.6. The Morgan fingerprint density at radius 2 is 2.10 bits per heavy atom. The van der Waals surface area contributed by atoms with Crippen LogP contribution in [0, 0.1) is 17.8 Å². The SMILES string of the molecule is CCCCC(C)[C@H](O)/C=C/[C@H]1[C@H](O)CC(=O)[C@@H]1C/C=C\CCCCOC(=S)NC. The first-order valence-electron chi connectivity index (χ1n) is 11.0. The van der Waals surface area contributed by atoms with Crippen molar-refractivity contribution in [1.82, 2.24) is 5.32 Å². The first-order chi connectivity index (χ1) is 13.9. The molecule has 0 radical (unpaired) electrons. The summed E-state index contributed by atoms with van der Waals surface area (Å²) in [6.45, 7) is 4.78. The molecular weight excluding hydrogens is 386 g/mol. The molecule has 6 heteroatoms. The molecule has 1 saturated carbocycles. The smallest absolute Gasteiger partial charge is 0.256 e. The first-order valence-corrected chi connectivity index (χ1v) is 11.4. The van der Waals surface area contributed by atoms with E-state index < -0.39 is 12.2 Å². The van der Waals surface area contributed by atoms with Crippen LogP contribution in [0.2, 0.25) is 0 Å². The Balaban J connectivity index is 2.43. The number of unbranched alkanes of at least 4 members (excludes halogenated alkanes) is 3. The van der Waals surface area contributed by atoms with Gasteiger partial charge in [0.2, 0.25) is 0 Å². The third-order valence-electron chi connectivity index (χ3n) is 5.62. The highest BCUT2D eigenvalue weighted by Gasteiger charge is 2.39. The third-order valence-corrected chi connectivity index (χ3v) is 5.94. The van der Waals surface area contributed by atoms with E-state index in [1.807, 2.05) is 19.1 Å². The number of ether oxygens (including phenoxy) is 1. The summed E-state index contributed by atoms with van der Waals surface area (Å²) in [5, 5.41) is 23.8. The second kappa shape index (κ2) is 14.7. The van der Waals surface area contributed by atoms with Gasteiger partial charge in [0.05, 0.1) is 18.8 Å². The average molecular weight is 426 g/mol. The Labute approximate surface area is 181 Å². The van der Waals surface area contributed by atoms with Crippen molar-refractivity contribution in [1.29, 1.82) is 0 Å². The largest absolute Gasteiger partial charge is 0.471 e. The van der Waals surface area contributed by atoms with Crippen molar-refractivity contribution in [3.8, 4) is 0 Å². The molecular formula is C23H39NO4S. The summed E-state index contributed by atoms with van der Waals surface area (Å²) in [4.78, 5) is 12.3. The quantitative estimate of drug-likeness (QED) is 0.236. The van der Waals surface area contributed by atoms with E-state index in [0.717, 1.165) is 38.5 Å². The number of rotatable bonds is 13. The minimum absolute atomic E-state index is 0.110. The predicted molar refractivity (Wildman–Crippen MR) is 122 cm³/mol. The molecule has 5 atom stereocenters. The molecule has 0 aromatic rings. The number of nitrogens with one attached hydrogen (secondary N) is 1. The van der Waals surface area contributed by atoms with Crippen LogP contribution in [-0.4, -0.2) is 47.0 Å². The Hall–Kier alpha value is -1.24. The maximum atomic E-state index is 12.3. The van der Waals surface area contributed by atoms with Crippen molar-refractivity contribution >= 4 is 23.2 Å². The molecule has 1 rings (SSSR count). The fraction of sp³-hybridized carbons (Fsp3) is 0.739. The molecule has 0 aliphatic heterocycles. The molecule has 0 spiro atoms. The van der Waals surface area contributed by atoms with Crippen molar-refractivity contribution in [2.24, 2.45) is 17.8 Å². The van der Waals surface area contributed by atoms with Crippen molar-refractivity contribution in [3.63, 3.8) is 0 Å². The summed E-state index contributed by atoms with van der Waals surface area (Å²) in [5.74, 6) is -0.118. The number of aliphatic hydroxyl groups excluding tert-OH is 2. The lowest BCUT2D eigenvalue weighted by molar-refractivity contribution is -0.121. The minimum Gasteiger partial charge on any atom is -0.471 e. The Morgan fingerprint density at radius 3 is 2.79 bits per heavy atom. The summed E-state index contributed by atoms with van der Waals surface area (Å²) < 4.78 is 5.30. The van der Waals surface area contributed by atoms with Crippen LogP contribution in [0.1, 0.15) is 65.2 Å². The van der Waals surface area contributed by atoms with Gasteiger partial charge in [-0.05, 0) is 50.2 Å². The number of carbonyl (C=O) groups excluding carboxylic acids is 1. The molecule has 3 N–H and O–H groups in total. The second-order valence-electron chi connectivity index (χ2n) is 8.01. The maximum Gasteiger partial charge on any atom is 0.256 e. The topological polar surface area (TPSA) is 78.8 Å². The molecule has 1 fully saturated rings. The summed E-state index contributed by atoms with van der Waals surface area (Å²) in [5.41, 5.74) is 0. The van der Waals surface area contributed by atoms with Crippen molar-refractivity contribution in [2.75, 3.05) is 13.7 Å². The molecule has 0 saturated heterocycles. The van der Waals surface area contributed by atoms with E-state index in [4.69, 9.17) is 17.0 Å². The summed E-state index contributed by atoms with van der Waals surface area (Å²) in [7, 11) is 1.74. The van der Waals surface area contributed by atoms with E-state index in [1.165, 1.54) is 0 Å². The van der Waals surface area contributed by atoms with Crippen LogP contribution in [-0.2, 0) is 9.53 Å². The highest BCUT2D eigenvalue weighted by molar-refractivity contribution is 7.80. The molecule has 0 heterocycles. The van der Waals surface area contributed by atoms with Crippen LogP contribution < -0.4 is 5.32 Å². The van der Waals surface area contributed by atoms with Gasteiger partial charge in [-0.15, -0.1) is 0 Å². The van der Waals surface area contributed by atoms with E-state index in [0.29, 0.717) is 18.2 Å². The Kier molecular flexibility index (Phi) is 13.1. The molecule has 29 heavy (non-hydrogen) atoms. The highest BCUT2D eigenvalue weighted by atomic mass is 32.1. The zero-order valence-electron chi connectivity index (χ0n) is 18.2. The molecule has 0 amide bonds. The summed E-state index contributed by atoms with van der Waals surface area (Å²) in [6, 6.07) is 0. The molecule has 1 aliphatic rings. The normalized spacial score (nSPS) is 24.3.